The second-order valence-electron chi connectivity index (χ2n) is 3.80. The van der Waals surface area contributed by atoms with E-state index < -0.39 is 5.60 Å². The van der Waals surface area contributed by atoms with Crippen LogP contribution in [0.15, 0.2) is 0 Å². The highest BCUT2D eigenvalue weighted by Gasteiger charge is 2.31. The Balaban J connectivity index is 4.24. The SMILES string of the molecule is CC(C)C(=O)OC(C)(C)[C@@H](Br)CBr. The van der Waals surface area contributed by atoms with Crippen LogP contribution in [-0.4, -0.2) is 21.7 Å². The Morgan fingerprint density at radius 2 is 1.92 bits per heavy atom. The van der Waals surface area contributed by atoms with Crippen molar-refractivity contribution in [3.05, 3.63) is 0 Å². The minimum absolute atomic E-state index is 0.0747. The predicted molar refractivity (Wildman–Crippen MR) is 61.5 cm³/mol. The van der Waals surface area contributed by atoms with Crippen LogP contribution in [0.2, 0.25) is 0 Å². The van der Waals surface area contributed by atoms with Crippen molar-refractivity contribution >= 4 is 37.8 Å². The normalized spacial score (nSPS) is 14.4. The molecule has 0 rings (SSSR count). The van der Waals surface area contributed by atoms with Crippen molar-refractivity contribution in [1.29, 1.82) is 0 Å². The van der Waals surface area contributed by atoms with E-state index in [2.05, 4.69) is 31.9 Å². The van der Waals surface area contributed by atoms with Crippen LogP contribution in [-0.2, 0) is 9.53 Å². The lowest BCUT2D eigenvalue weighted by Crippen LogP contribution is -2.39. The van der Waals surface area contributed by atoms with Crippen LogP contribution in [0.1, 0.15) is 27.7 Å². The number of alkyl halides is 2. The average Bonchev–Trinajstić information content (AvgIpc) is 2.01. The fraction of sp³-hybridized carbons (Fsp3) is 0.889. The molecule has 0 radical (unpaired) electrons. The molecule has 0 spiro atoms. The summed E-state index contributed by atoms with van der Waals surface area (Å²) in [7, 11) is 0. The third kappa shape index (κ3) is 4.45. The molecule has 0 N–H and O–H groups in total. The average molecular weight is 316 g/mol. The first-order valence-electron chi connectivity index (χ1n) is 4.24. The summed E-state index contributed by atoms with van der Waals surface area (Å²) in [6.45, 7) is 7.45. The summed E-state index contributed by atoms with van der Waals surface area (Å²) < 4.78 is 5.34. The standard InChI is InChI=1S/C9H16Br2O2/c1-6(2)8(12)13-9(3,4)7(11)5-10/h6-7H,5H2,1-4H3/t7-/m0/s1. The van der Waals surface area contributed by atoms with Crippen molar-refractivity contribution < 1.29 is 9.53 Å². The highest BCUT2D eigenvalue weighted by atomic mass is 79.9. The third-order valence-electron chi connectivity index (χ3n) is 1.72. The second-order valence-corrected chi connectivity index (χ2v) is 5.55. The second kappa shape index (κ2) is 5.35. The Hall–Kier alpha value is 0.430. The summed E-state index contributed by atoms with van der Waals surface area (Å²) in [5.74, 6) is -0.232. The first kappa shape index (κ1) is 13.4. The molecule has 0 unspecified atom stereocenters. The highest BCUT2D eigenvalue weighted by Crippen LogP contribution is 2.24. The van der Waals surface area contributed by atoms with Crippen molar-refractivity contribution in [3.8, 4) is 0 Å². The van der Waals surface area contributed by atoms with Crippen molar-refractivity contribution in [2.45, 2.75) is 38.1 Å². The van der Waals surface area contributed by atoms with Gasteiger partial charge in [0.2, 0.25) is 0 Å². The van der Waals surface area contributed by atoms with Gasteiger partial charge < -0.3 is 4.74 Å². The highest BCUT2D eigenvalue weighted by molar-refractivity contribution is 9.12. The molecule has 0 heterocycles. The number of hydrogen-bond acceptors (Lipinski definition) is 2. The van der Waals surface area contributed by atoms with Gasteiger partial charge in [-0.2, -0.15) is 0 Å². The zero-order valence-corrected chi connectivity index (χ0v) is 11.6. The smallest absolute Gasteiger partial charge is 0.308 e. The zero-order chi connectivity index (χ0) is 10.6. The Labute approximate surface area is 96.7 Å². The summed E-state index contributed by atoms with van der Waals surface area (Å²) >= 11 is 6.79. The van der Waals surface area contributed by atoms with Crippen molar-refractivity contribution in [2.24, 2.45) is 5.92 Å². The molecule has 0 aromatic heterocycles. The maximum Gasteiger partial charge on any atom is 0.308 e. The molecule has 0 aromatic carbocycles. The Bertz CT molecular complexity index is 178. The number of ether oxygens (including phenoxy) is 1. The lowest BCUT2D eigenvalue weighted by molar-refractivity contribution is -0.159. The number of carbonyl (C=O) groups is 1. The molecule has 1 atom stereocenters. The summed E-state index contributed by atoms with van der Waals surface area (Å²) in [5, 5.41) is 0.755. The predicted octanol–water partition coefficient (Wildman–Crippen LogP) is 3.12. The molecule has 0 aliphatic rings. The molecule has 0 saturated heterocycles. The van der Waals surface area contributed by atoms with Crippen LogP contribution in [0.4, 0.5) is 0 Å². The lowest BCUT2D eigenvalue weighted by atomic mass is 10.1. The molecule has 78 valence electrons. The zero-order valence-electron chi connectivity index (χ0n) is 8.43. The van der Waals surface area contributed by atoms with E-state index in [9.17, 15) is 4.79 Å². The Kier molecular flexibility index (Phi) is 5.52. The number of carbonyl (C=O) groups excluding carboxylic acids is 1. The van der Waals surface area contributed by atoms with Crippen LogP contribution >= 0.6 is 31.9 Å². The quantitative estimate of drug-likeness (QED) is 0.588. The van der Waals surface area contributed by atoms with Gasteiger partial charge in [0.15, 0.2) is 0 Å². The van der Waals surface area contributed by atoms with Gasteiger partial charge in [0, 0.05) is 5.33 Å². The molecule has 2 nitrogen and oxygen atoms in total. The van der Waals surface area contributed by atoms with E-state index in [0.717, 1.165) is 5.33 Å². The molecule has 0 amide bonds. The van der Waals surface area contributed by atoms with Crippen molar-refractivity contribution in [1.82, 2.24) is 0 Å². The van der Waals surface area contributed by atoms with Crippen LogP contribution in [0, 0.1) is 5.92 Å². The molecular formula is C9H16Br2O2. The van der Waals surface area contributed by atoms with Crippen LogP contribution in [0.25, 0.3) is 0 Å². The topological polar surface area (TPSA) is 26.3 Å². The minimum Gasteiger partial charge on any atom is -0.458 e. The van der Waals surface area contributed by atoms with Crippen molar-refractivity contribution in [2.75, 3.05) is 5.33 Å². The van der Waals surface area contributed by atoms with Gasteiger partial charge in [0.25, 0.3) is 0 Å². The van der Waals surface area contributed by atoms with Gasteiger partial charge in [-0.1, -0.05) is 45.7 Å². The van der Waals surface area contributed by atoms with E-state index in [1.54, 1.807) is 0 Å². The molecule has 0 fully saturated rings. The first-order valence-corrected chi connectivity index (χ1v) is 6.28. The Morgan fingerprint density at radius 1 is 1.46 bits per heavy atom. The third-order valence-corrected chi connectivity index (χ3v) is 4.67. The summed E-state index contributed by atoms with van der Waals surface area (Å²) in [6, 6.07) is 0. The molecule has 0 aliphatic carbocycles. The van der Waals surface area contributed by atoms with E-state index in [4.69, 9.17) is 4.74 Å². The molecule has 0 saturated carbocycles. The van der Waals surface area contributed by atoms with E-state index in [-0.39, 0.29) is 16.7 Å². The van der Waals surface area contributed by atoms with Gasteiger partial charge in [0.1, 0.15) is 5.60 Å². The van der Waals surface area contributed by atoms with Gasteiger partial charge in [-0.25, -0.2) is 0 Å². The number of halogens is 2. The molecule has 4 heteroatoms. The minimum atomic E-state index is -0.467. The molecule has 0 bridgehead atoms. The summed E-state index contributed by atoms with van der Waals surface area (Å²) in [4.78, 5) is 11.4. The lowest BCUT2D eigenvalue weighted by Gasteiger charge is -2.29. The van der Waals surface area contributed by atoms with Gasteiger partial charge in [-0.05, 0) is 13.8 Å². The number of esters is 1. The fourth-order valence-electron chi connectivity index (χ4n) is 0.627. The van der Waals surface area contributed by atoms with Crippen LogP contribution < -0.4 is 0 Å². The number of rotatable bonds is 4. The Morgan fingerprint density at radius 3 is 2.23 bits per heavy atom. The molecule has 0 aromatic rings. The molecular weight excluding hydrogens is 300 g/mol. The van der Waals surface area contributed by atoms with Crippen LogP contribution in [0.3, 0.4) is 0 Å². The van der Waals surface area contributed by atoms with Crippen LogP contribution in [0.5, 0.6) is 0 Å². The van der Waals surface area contributed by atoms with Crippen molar-refractivity contribution in [3.63, 3.8) is 0 Å². The maximum atomic E-state index is 11.3. The number of hydrogen-bond donors (Lipinski definition) is 0. The fourth-order valence-corrected chi connectivity index (χ4v) is 1.50. The van der Waals surface area contributed by atoms with Gasteiger partial charge >= 0.3 is 5.97 Å². The van der Waals surface area contributed by atoms with Gasteiger partial charge in [-0.15, -0.1) is 0 Å². The molecule has 0 aliphatic heterocycles. The van der Waals surface area contributed by atoms with E-state index in [1.165, 1.54) is 0 Å². The largest absolute Gasteiger partial charge is 0.458 e. The summed E-state index contributed by atoms with van der Waals surface area (Å²) in [5.41, 5.74) is -0.467. The monoisotopic (exact) mass is 314 g/mol. The van der Waals surface area contributed by atoms with E-state index >= 15 is 0 Å². The van der Waals surface area contributed by atoms with E-state index in [0.29, 0.717) is 0 Å². The molecule has 13 heavy (non-hydrogen) atoms. The van der Waals surface area contributed by atoms with Gasteiger partial charge in [-0.3, -0.25) is 4.79 Å². The first-order chi connectivity index (χ1) is 5.81. The summed E-state index contributed by atoms with van der Waals surface area (Å²) in [6.07, 6.45) is 0. The van der Waals surface area contributed by atoms with E-state index in [1.807, 2.05) is 27.7 Å². The van der Waals surface area contributed by atoms with Gasteiger partial charge in [0.05, 0.1) is 10.7 Å². The maximum absolute atomic E-state index is 11.3.